The van der Waals surface area contributed by atoms with Crippen molar-refractivity contribution in [3.05, 3.63) is 84.2 Å². The van der Waals surface area contributed by atoms with Crippen LogP contribution in [0, 0.1) is 0 Å². The van der Waals surface area contributed by atoms with Gasteiger partial charge in [-0.2, -0.15) is 0 Å². The number of aliphatic hydroxyl groups excluding tert-OH is 1. The van der Waals surface area contributed by atoms with Crippen molar-refractivity contribution in [2.75, 3.05) is 13.2 Å². The fraction of sp³-hybridized carbons (Fsp3) is 0.167. The summed E-state index contributed by atoms with van der Waals surface area (Å²) in [7, 11) is 0. The second-order valence-corrected chi connectivity index (χ2v) is 7.13. The predicted octanol–water partition coefficient (Wildman–Crippen LogP) is 1.04. The average Bonchev–Trinajstić information content (AvgIpc) is 2.89. The van der Waals surface area contributed by atoms with Crippen LogP contribution >= 0.6 is 0 Å². The molecule has 1 heterocycles. The molecule has 34 heavy (non-hydrogen) atoms. The number of nitrogens with one attached hydrogen (secondary N) is 3. The number of nitrogens with zero attached hydrogens (tertiary/aromatic N) is 1. The lowest BCUT2D eigenvalue weighted by molar-refractivity contribution is -0.137. The molecule has 0 bridgehead atoms. The van der Waals surface area contributed by atoms with Gasteiger partial charge >= 0.3 is 0 Å². The number of carbonyl (C=O) groups excluding carboxylic acids is 3. The largest absolute Gasteiger partial charge is 0.491 e. The Balaban J connectivity index is 1.64. The van der Waals surface area contributed by atoms with Gasteiger partial charge in [0.05, 0.1) is 6.61 Å². The monoisotopic (exact) mass is 464 g/mol. The van der Waals surface area contributed by atoms with Crippen LogP contribution in [0.3, 0.4) is 0 Å². The van der Waals surface area contributed by atoms with Crippen molar-refractivity contribution in [1.82, 2.24) is 21.1 Å². The van der Waals surface area contributed by atoms with E-state index in [9.17, 15) is 14.4 Å². The third-order valence-electron chi connectivity index (χ3n) is 4.82. The van der Waals surface area contributed by atoms with E-state index in [1.54, 1.807) is 60.9 Å². The van der Waals surface area contributed by atoms with Crippen molar-refractivity contribution in [3.63, 3.8) is 0 Å². The Hall–Kier alpha value is -4.28. The second-order valence-electron chi connectivity index (χ2n) is 7.13. The molecule has 3 rings (SSSR count). The number of hydrogen-bond acceptors (Lipinski definition) is 7. The molecule has 0 saturated carbocycles. The number of carbonyl (C=O) groups is 3. The molecule has 10 nitrogen and oxygen atoms in total. The topological polar surface area (TPSA) is 150 Å². The van der Waals surface area contributed by atoms with E-state index < -0.39 is 23.8 Å². The molecule has 1 unspecified atom stereocenters. The Bertz CT molecular complexity index is 1100. The minimum absolute atomic E-state index is 0.0709. The maximum absolute atomic E-state index is 12.6. The smallest absolute Gasteiger partial charge is 0.275 e. The predicted molar refractivity (Wildman–Crippen MR) is 122 cm³/mol. The van der Waals surface area contributed by atoms with Crippen LogP contribution in [0.15, 0.2) is 73.1 Å². The van der Waals surface area contributed by atoms with Gasteiger partial charge in [0.25, 0.3) is 17.7 Å². The number of aromatic nitrogens is 1. The highest BCUT2D eigenvalue weighted by molar-refractivity contribution is 6.08. The van der Waals surface area contributed by atoms with Crippen molar-refractivity contribution in [1.29, 1.82) is 0 Å². The first-order valence-electron chi connectivity index (χ1n) is 10.4. The van der Waals surface area contributed by atoms with Crippen molar-refractivity contribution < 1.29 is 29.4 Å². The molecule has 2 aromatic carbocycles. The number of ether oxygens (including phenoxy) is 1. The molecule has 176 valence electrons. The van der Waals surface area contributed by atoms with Crippen molar-refractivity contribution >= 4 is 17.7 Å². The van der Waals surface area contributed by atoms with Gasteiger partial charge in [-0.15, -0.1) is 0 Å². The molecule has 0 fully saturated rings. The van der Waals surface area contributed by atoms with E-state index in [0.29, 0.717) is 5.75 Å². The van der Waals surface area contributed by atoms with Crippen LogP contribution in [0.1, 0.15) is 15.9 Å². The molecule has 1 aromatic heterocycles. The van der Waals surface area contributed by atoms with Gasteiger partial charge < -0.3 is 20.5 Å². The van der Waals surface area contributed by atoms with Gasteiger partial charge in [-0.05, 0) is 53.1 Å². The molecule has 3 amide bonds. The first-order chi connectivity index (χ1) is 16.5. The summed E-state index contributed by atoms with van der Waals surface area (Å²) in [4.78, 5) is 41.0. The van der Waals surface area contributed by atoms with Crippen molar-refractivity contribution in [2.24, 2.45) is 0 Å². The highest BCUT2D eigenvalue weighted by Crippen LogP contribution is 2.23. The molecular formula is C24H24N4O6. The SMILES string of the molecule is O=C(NC(C(=O)NO)C(=O)NCc1ccncc1)c1ccc(-c2ccc(OCCO)cc2)cc1. The van der Waals surface area contributed by atoms with Gasteiger partial charge in [-0.3, -0.25) is 24.6 Å². The van der Waals surface area contributed by atoms with Crippen molar-refractivity contribution in [2.45, 2.75) is 12.6 Å². The molecular weight excluding hydrogens is 440 g/mol. The van der Waals surface area contributed by atoms with Crippen LogP contribution in [0.2, 0.25) is 0 Å². The van der Waals surface area contributed by atoms with E-state index in [1.165, 1.54) is 5.48 Å². The third-order valence-corrected chi connectivity index (χ3v) is 4.82. The summed E-state index contributed by atoms with van der Waals surface area (Å²) in [5.41, 5.74) is 4.10. The molecule has 0 aliphatic heterocycles. The molecule has 3 aromatic rings. The lowest BCUT2D eigenvalue weighted by atomic mass is 10.0. The summed E-state index contributed by atoms with van der Waals surface area (Å²) in [6, 6.07) is 15.6. The average molecular weight is 464 g/mol. The van der Waals surface area contributed by atoms with E-state index in [2.05, 4.69) is 15.6 Å². The zero-order valence-corrected chi connectivity index (χ0v) is 18.1. The van der Waals surface area contributed by atoms with Crippen LogP contribution in [-0.2, 0) is 16.1 Å². The van der Waals surface area contributed by atoms with Crippen LogP contribution in [0.4, 0.5) is 0 Å². The highest BCUT2D eigenvalue weighted by atomic mass is 16.5. The van der Waals surface area contributed by atoms with Gasteiger partial charge in [0.1, 0.15) is 12.4 Å². The first kappa shape index (κ1) is 24.4. The van der Waals surface area contributed by atoms with Crippen LogP contribution in [0.25, 0.3) is 11.1 Å². The first-order valence-corrected chi connectivity index (χ1v) is 10.4. The number of aliphatic hydroxyl groups is 1. The molecule has 0 aliphatic rings. The Morgan fingerprint density at radius 3 is 2.09 bits per heavy atom. The number of benzene rings is 2. The zero-order valence-electron chi connectivity index (χ0n) is 18.1. The Morgan fingerprint density at radius 2 is 1.50 bits per heavy atom. The summed E-state index contributed by atoms with van der Waals surface area (Å²) in [6.07, 6.45) is 3.12. The molecule has 0 spiro atoms. The Morgan fingerprint density at radius 1 is 0.882 bits per heavy atom. The second kappa shape index (κ2) is 12.1. The number of pyridine rings is 1. The molecule has 1 atom stereocenters. The van der Waals surface area contributed by atoms with E-state index in [1.807, 2.05) is 12.1 Å². The van der Waals surface area contributed by atoms with E-state index in [-0.39, 0.29) is 25.3 Å². The Kier molecular flexibility index (Phi) is 8.67. The third kappa shape index (κ3) is 6.61. The zero-order chi connectivity index (χ0) is 24.3. The number of rotatable bonds is 10. The minimum atomic E-state index is -1.63. The fourth-order valence-electron chi connectivity index (χ4n) is 3.04. The summed E-state index contributed by atoms with van der Waals surface area (Å²) in [6.45, 7) is 0.254. The maximum Gasteiger partial charge on any atom is 0.275 e. The summed E-state index contributed by atoms with van der Waals surface area (Å²) in [5.74, 6) is -1.88. The van der Waals surface area contributed by atoms with E-state index in [4.69, 9.17) is 15.1 Å². The summed E-state index contributed by atoms with van der Waals surface area (Å²) >= 11 is 0. The molecule has 0 aliphatic carbocycles. The summed E-state index contributed by atoms with van der Waals surface area (Å²) in [5, 5.41) is 22.7. The van der Waals surface area contributed by atoms with Gasteiger partial charge in [-0.25, -0.2) is 5.48 Å². The lowest BCUT2D eigenvalue weighted by Crippen LogP contribution is -2.54. The number of hydrogen-bond donors (Lipinski definition) is 5. The normalized spacial score (nSPS) is 11.2. The quantitative estimate of drug-likeness (QED) is 0.171. The van der Waals surface area contributed by atoms with Crippen LogP contribution in [-0.4, -0.2) is 52.3 Å². The summed E-state index contributed by atoms with van der Waals surface area (Å²) < 4.78 is 5.34. The number of amides is 3. The van der Waals surface area contributed by atoms with Crippen molar-refractivity contribution in [3.8, 4) is 16.9 Å². The maximum atomic E-state index is 12.6. The van der Waals surface area contributed by atoms with Gasteiger partial charge in [0.2, 0.25) is 0 Å². The van der Waals surface area contributed by atoms with Crippen LogP contribution < -0.4 is 20.9 Å². The van der Waals surface area contributed by atoms with Gasteiger partial charge in [0.15, 0.2) is 6.04 Å². The molecule has 0 saturated heterocycles. The van der Waals surface area contributed by atoms with Gasteiger partial charge in [-0.1, -0.05) is 24.3 Å². The molecule has 5 N–H and O–H groups in total. The van der Waals surface area contributed by atoms with Gasteiger partial charge in [0, 0.05) is 24.5 Å². The van der Waals surface area contributed by atoms with Crippen LogP contribution in [0.5, 0.6) is 5.75 Å². The fourth-order valence-corrected chi connectivity index (χ4v) is 3.04. The lowest BCUT2D eigenvalue weighted by Gasteiger charge is -2.17. The standard InChI is InChI=1S/C24H24N4O6/c29-13-14-34-20-7-5-18(6-8-20)17-1-3-19(4-2-17)22(30)27-21(24(32)28-33)23(31)26-15-16-9-11-25-12-10-16/h1-12,21,29,33H,13-15H2,(H,26,31)(H,27,30)(H,28,32). The molecule has 0 radical (unpaired) electrons. The Labute approximate surface area is 195 Å². The highest BCUT2D eigenvalue weighted by Gasteiger charge is 2.28. The number of hydroxylamine groups is 1. The molecule has 10 heteroatoms. The van der Waals surface area contributed by atoms with E-state index >= 15 is 0 Å². The van der Waals surface area contributed by atoms with E-state index in [0.717, 1.165) is 16.7 Å². The minimum Gasteiger partial charge on any atom is -0.491 e.